The van der Waals surface area contributed by atoms with Crippen LogP contribution in [0.1, 0.15) is 12.8 Å². The Morgan fingerprint density at radius 1 is 1.35 bits per heavy atom. The molecule has 5 heteroatoms. The highest BCUT2D eigenvalue weighted by Gasteiger charge is 2.19. The molecule has 108 valence electrons. The van der Waals surface area contributed by atoms with E-state index >= 15 is 0 Å². The van der Waals surface area contributed by atoms with Gasteiger partial charge >= 0.3 is 5.69 Å². The molecule has 1 aromatic carbocycles. The van der Waals surface area contributed by atoms with Crippen LogP contribution in [0.3, 0.4) is 0 Å². The van der Waals surface area contributed by atoms with E-state index < -0.39 is 0 Å². The van der Waals surface area contributed by atoms with Gasteiger partial charge in [0.1, 0.15) is 5.75 Å². The van der Waals surface area contributed by atoms with Crippen LogP contribution >= 0.6 is 0 Å². The van der Waals surface area contributed by atoms with Crippen molar-refractivity contribution in [3.63, 3.8) is 0 Å². The molecule has 20 heavy (non-hydrogen) atoms. The van der Waals surface area contributed by atoms with E-state index in [1.165, 1.54) is 0 Å². The Morgan fingerprint density at radius 2 is 2.10 bits per heavy atom. The van der Waals surface area contributed by atoms with Crippen LogP contribution in [0.25, 0.3) is 11.0 Å². The number of ether oxygens (including phenoxy) is 1. The standard InChI is InChI=1S/C15H21N3O2/c1-17-7-5-11(6-8-17)10-18-14-4-3-12(20-2)9-13(14)16-15(18)19/h3-4,9,11H,5-8,10H2,1-2H3,(H,16,19). The van der Waals surface area contributed by atoms with Gasteiger partial charge in [0.2, 0.25) is 0 Å². The number of hydrogen-bond acceptors (Lipinski definition) is 3. The van der Waals surface area contributed by atoms with Gasteiger partial charge in [-0.05, 0) is 51.0 Å². The molecule has 1 N–H and O–H groups in total. The first-order valence-corrected chi connectivity index (χ1v) is 7.12. The van der Waals surface area contributed by atoms with Gasteiger partial charge < -0.3 is 14.6 Å². The van der Waals surface area contributed by atoms with E-state index in [2.05, 4.69) is 16.9 Å². The molecule has 0 unspecified atom stereocenters. The minimum absolute atomic E-state index is 0.0211. The van der Waals surface area contributed by atoms with Crippen LogP contribution in [0, 0.1) is 5.92 Å². The van der Waals surface area contributed by atoms with Crippen LogP contribution in [0.15, 0.2) is 23.0 Å². The Morgan fingerprint density at radius 3 is 2.80 bits per heavy atom. The van der Waals surface area contributed by atoms with Crippen LogP contribution in [-0.2, 0) is 6.54 Å². The summed E-state index contributed by atoms with van der Waals surface area (Å²) in [5.74, 6) is 1.36. The molecule has 0 spiro atoms. The fraction of sp³-hybridized carbons (Fsp3) is 0.533. The van der Waals surface area contributed by atoms with Crippen molar-refractivity contribution in [1.82, 2.24) is 14.5 Å². The third kappa shape index (κ3) is 2.45. The maximum Gasteiger partial charge on any atom is 0.326 e. The number of benzene rings is 1. The zero-order valence-corrected chi connectivity index (χ0v) is 12.1. The Kier molecular flexibility index (Phi) is 3.53. The van der Waals surface area contributed by atoms with Gasteiger partial charge in [-0.2, -0.15) is 0 Å². The van der Waals surface area contributed by atoms with Gasteiger partial charge in [-0.25, -0.2) is 4.79 Å². The molecule has 0 atom stereocenters. The molecule has 0 saturated carbocycles. The lowest BCUT2D eigenvalue weighted by Gasteiger charge is -2.28. The quantitative estimate of drug-likeness (QED) is 0.927. The second-order valence-electron chi connectivity index (χ2n) is 5.67. The van der Waals surface area contributed by atoms with Crippen molar-refractivity contribution >= 4 is 11.0 Å². The number of fused-ring (bicyclic) bond motifs is 1. The summed E-state index contributed by atoms with van der Waals surface area (Å²) in [5, 5.41) is 0. The van der Waals surface area contributed by atoms with E-state index in [-0.39, 0.29) is 5.69 Å². The van der Waals surface area contributed by atoms with Crippen molar-refractivity contribution in [2.45, 2.75) is 19.4 Å². The zero-order valence-electron chi connectivity index (χ0n) is 12.1. The number of methoxy groups -OCH3 is 1. The highest BCUT2D eigenvalue weighted by atomic mass is 16.5. The van der Waals surface area contributed by atoms with Crippen molar-refractivity contribution < 1.29 is 4.74 Å². The summed E-state index contributed by atoms with van der Waals surface area (Å²) in [7, 11) is 3.79. The molecule has 2 aromatic rings. The van der Waals surface area contributed by atoms with Gasteiger partial charge in [-0.3, -0.25) is 4.57 Å². The zero-order chi connectivity index (χ0) is 14.1. The smallest absolute Gasteiger partial charge is 0.326 e. The maximum atomic E-state index is 12.1. The molecule has 3 rings (SSSR count). The minimum Gasteiger partial charge on any atom is -0.497 e. The number of hydrogen-bond donors (Lipinski definition) is 1. The Balaban J connectivity index is 1.87. The highest BCUT2D eigenvalue weighted by molar-refractivity contribution is 5.76. The fourth-order valence-electron chi connectivity index (χ4n) is 2.95. The summed E-state index contributed by atoms with van der Waals surface area (Å²) in [6.45, 7) is 3.05. The van der Waals surface area contributed by atoms with E-state index in [4.69, 9.17) is 4.74 Å². The Bertz CT molecular complexity index is 651. The molecular formula is C15H21N3O2. The van der Waals surface area contributed by atoms with E-state index in [0.29, 0.717) is 5.92 Å². The molecule has 0 bridgehead atoms. The summed E-state index contributed by atoms with van der Waals surface area (Å²) in [6.07, 6.45) is 2.32. The lowest BCUT2D eigenvalue weighted by atomic mass is 9.97. The predicted octanol–water partition coefficient (Wildman–Crippen LogP) is 1.68. The molecule has 1 aliphatic rings. The molecule has 0 radical (unpaired) electrons. The number of aromatic nitrogens is 2. The number of H-pyrrole nitrogens is 1. The van der Waals surface area contributed by atoms with Crippen molar-refractivity contribution in [1.29, 1.82) is 0 Å². The number of likely N-dealkylation sites (tertiary alicyclic amines) is 1. The molecule has 2 heterocycles. The largest absolute Gasteiger partial charge is 0.497 e. The molecule has 1 fully saturated rings. The molecule has 1 saturated heterocycles. The summed E-state index contributed by atoms with van der Waals surface area (Å²) < 4.78 is 7.06. The van der Waals surface area contributed by atoms with Gasteiger partial charge in [0.25, 0.3) is 0 Å². The number of rotatable bonds is 3. The number of nitrogens with one attached hydrogen (secondary N) is 1. The van der Waals surface area contributed by atoms with Crippen LogP contribution in [-0.4, -0.2) is 41.7 Å². The first-order chi connectivity index (χ1) is 9.67. The Hall–Kier alpha value is -1.75. The first kappa shape index (κ1) is 13.2. The van der Waals surface area contributed by atoms with E-state index in [1.54, 1.807) is 7.11 Å². The van der Waals surface area contributed by atoms with Crippen molar-refractivity contribution in [3.8, 4) is 5.75 Å². The summed E-state index contributed by atoms with van der Waals surface area (Å²) >= 11 is 0. The minimum atomic E-state index is -0.0211. The third-order valence-corrected chi connectivity index (χ3v) is 4.26. The number of piperidine rings is 1. The first-order valence-electron chi connectivity index (χ1n) is 7.12. The van der Waals surface area contributed by atoms with Crippen molar-refractivity contribution in [2.75, 3.05) is 27.2 Å². The highest BCUT2D eigenvalue weighted by Crippen LogP contribution is 2.22. The predicted molar refractivity (Wildman–Crippen MR) is 79.3 cm³/mol. The SMILES string of the molecule is COc1ccc2c(c1)[nH]c(=O)n2CC1CCN(C)CC1. The second kappa shape index (κ2) is 5.32. The van der Waals surface area contributed by atoms with Crippen LogP contribution in [0.4, 0.5) is 0 Å². The summed E-state index contributed by atoms with van der Waals surface area (Å²) in [4.78, 5) is 17.4. The third-order valence-electron chi connectivity index (χ3n) is 4.26. The molecule has 0 aliphatic carbocycles. The lowest BCUT2D eigenvalue weighted by molar-refractivity contribution is 0.205. The summed E-state index contributed by atoms with van der Waals surface area (Å²) in [5.41, 5.74) is 1.80. The second-order valence-corrected chi connectivity index (χ2v) is 5.67. The molecule has 0 amide bonds. The van der Waals surface area contributed by atoms with Crippen LogP contribution in [0.5, 0.6) is 5.75 Å². The van der Waals surface area contributed by atoms with Gasteiger partial charge in [0.15, 0.2) is 0 Å². The van der Waals surface area contributed by atoms with Crippen molar-refractivity contribution in [3.05, 3.63) is 28.7 Å². The average Bonchev–Trinajstić information content (AvgIpc) is 2.76. The van der Waals surface area contributed by atoms with E-state index in [9.17, 15) is 4.79 Å². The molecular weight excluding hydrogens is 254 g/mol. The number of imidazole rings is 1. The van der Waals surface area contributed by atoms with Gasteiger partial charge in [0, 0.05) is 12.6 Å². The van der Waals surface area contributed by atoms with Crippen molar-refractivity contribution in [2.24, 2.45) is 5.92 Å². The summed E-state index contributed by atoms with van der Waals surface area (Å²) in [6, 6.07) is 5.74. The van der Waals surface area contributed by atoms with Crippen LogP contribution in [0.2, 0.25) is 0 Å². The van der Waals surface area contributed by atoms with E-state index in [1.807, 2.05) is 22.8 Å². The van der Waals surface area contributed by atoms with Gasteiger partial charge in [-0.15, -0.1) is 0 Å². The lowest BCUT2D eigenvalue weighted by Crippen LogP contribution is -2.33. The van der Waals surface area contributed by atoms with Gasteiger partial charge in [-0.1, -0.05) is 0 Å². The molecule has 5 nitrogen and oxygen atoms in total. The maximum absolute atomic E-state index is 12.1. The number of aromatic amines is 1. The van der Waals surface area contributed by atoms with Gasteiger partial charge in [0.05, 0.1) is 18.1 Å². The number of nitrogens with zero attached hydrogens (tertiary/aromatic N) is 2. The topological polar surface area (TPSA) is 50.3 Å². The normalized spacial score (nSPS) is 17.7. The molecule has 1 aromatic heterocycles. The fourth-order valence-corrected chi connectivity index (χ4v) is 2.95. The molecule has 1 aliphatic heterocycles. The van der Waals surface area contributed by atoms with Crippen LogP contribution < -0.4 is 10.4 Å². The van der Waals surface area contributed by atoms with E-state index in [0.717, 1.165) is 49.3 Å². The Labute approximate surface area is 118 Å². The monoisotopic (exact) mass is 275 g/mol. The average molecular weight is 275 g/mol.